The van der Waals surface area contributed by atoms with Gasteiger partial charge in [0, 0.05) is 0 Å². The third-order valence-corrected chi connectivity index (χ3v) is 1.91. The van der Waals surface area contributed by atoms with Crippen LogP contribution in [-0.4, -0.2) is 51.4 Å². The molecule has 0 spiro atoms. The van der Waals surface area contributed by atoms with Gasteiger partial charge in [0.15, 0.2) is 0 Å². The van der Waals surface area contributed by atoms with Crippen molar-refractivity contribution in [1.29, 1.82) is 0 Å². The van der Waals surface area contributed by atoms with Gasteiger partial charge < -0.3 is 0 Å². The summed E-state index contributed by atoms with van der Waals surface area (Å²) >= 11 is 0. The van der Waals surface area contributed by atoms with Gasteiger partial charge in [-0.05, 0) is 18.4 Å². The van der Waals surface area contributed by atoms with E-state index in [0.717, 1.165) is 0 Å². The zero-order valence-corrected chi connectivity index (χ0v) is 7.22. The van der Waals surface area contributed by atoms with Crippen molar-refractivity contribution in [2.45, 2.75) is 32.6 Å². The molecule has 62 valence electrons. The van der Waals surface area contributed by atoms with Crippen LogP contribution in [0.2, 0.25) is 0 Å². The Hall–Kier alpha value is 0.856. The molecule has 12 heavy (non-hydrogen) atoms. The van der Waals surface area contributed by atoms with E-state index < -0.39 is 0 Å². The summed E-state index contributed by atoms with van der Waals surface area (Å²) in [5.74, 6) is 0. The van der Waals surface area contributed by atoms with Crippen LogP contribution in [0.4, 0.5) is 0 Å². The van der Waals surface area contributed by atoms with Gasteiger partial charge in [-0.2, -0.15) is 0 Å². The molecule has 0 saturated carbocycles. The van der Waals surface area contributed by atoms with Gasteiger partial charge >= 0.3 is 51.4 Å². The van der Waals surface area contributed by atoms with E-state index >= 15 is 0 Å². The quantitative estimate of drug-likeness (QED) is 0.503. The van der Waals surface area contributed by atoms with Crippen molar-refractivity contribution in [3.8, 4) is 0 Å². The summed E-state index contributed by atoms with van der Waals surface area (Å²) in [5.41, 5.74) is 1.47. The van der Waals surface area contributed by atoms with E-state index in [4.69, 9.17) is 0 Å². The van der Waals surface area contributed by atoms with Crippen molar-refractivity contribution in [2.75, 3.05) is 0 Å². The minimum absolute atomic E-state index is 0. The van der Waals surface area contributed by atoms with Crippen LogP contribution in [0.3, 0.4) is 0 Å². The second-order valence-electron chi connectivity index (χ2n) is 2.94. The molecule has 0 aliphatic heterocycles. The number of hydrogen-bond donors (Lipinski definition) is 0. The normalized spacial score (nSPS) is 9.08. The van der Waals surface area contributed by atoms with Gasteiger partial charge in [0.25, 0.3) is 0 Å². The fourth-order valence-electron chi connectivity index (χ4n) is 1.22. The maximum atomic E-state index is 2.24. The molecular weight excluding hydrogens is 171 g/mol. The fourth-order valence-corrected chi connectivity index (χ4v) is 1.22. The van der Waals surface area contributed by atoms with Crippen molar-refractivity contribution in [1.82, 2.24) is 0 Å². The standard InChI is InChI=1S/C11H16.K.H/c1-2-3-5-8-11-9-6-4-7-10-11;;/h4,6-7,9-10H,2-3,5,8H2,1H3;;. The second-order valence-corrected chi connectivity index (χ2v) is 2.94. The number of unbranched alkanes of at least 4 members (excludes halogenated alkanes) is 2. The second kappa shape index (κ2) is 8.45. The molecule has 0 radical (unpaired) electrons. The molecule has 0 aromatic heterocycles. The summed E-state index contributed by atoms with van der Waals surface area (Å²) < 4.78 is 0. The monoisotopic (exact) mass is 188 g/mol. The first-order valence-electron chi connectivity index (χ1n) is 4.47. The van der Waals surface area contributed by atoms with Gasteiger partial charge in [-0.1, -0.05) is 50.1 Å². The van der Waals surface area contributed by atoms with Gasteiger partial charge in [-0.15, -0.1) is 0 Å². The van der Waals surface area contributed by atoms with Crippen molar-refractivity contribution >= 4 is 51.4 Å². The Bertz CT molecular complexity index is 181. The molecular formula is C11H17K. The topological polar surface area (TPSA) is 0 Å². The number of hydrogen-bond acceptors (Lipinski definition) is 0. The van der Waals surface area contributed by atoms with Crippen molar-refractivity contribution in [3.63, 3.8) is 0 Å². The summed E-state index contributed by atoms with van der Waals surface area (Å²) in [6, 6.07) is 10.7. The summed E-state index contributed by atoms with van der Waals surface area (Å²) in [7, 11) is 0. The summed E-state index contributed by atoms with van der Waals surface area (Å²) in [6.45, 7) is 2.24. The fraction of sp³-hybridized carbons (Fsp3) is 0.455. The average Bonchev–Trinajstić information content (AvgIpc) is 2.07. The molecule has 0 bridgehead atoms. The molecule has 1 aromatic rings. The Morgan fingerprint density at radius 1 is 1.00 bits per heavy atom. The Morgan fingerprint density at radius 3 is 2.25 bits per heavy atom. The molecule has 0 saturated heterocycles. The molecule has 0 fully saturated rings. The van der Waals surface area contributed by atoms with Crippen LogP contribution in [0.5, 0.6) is 0 Å². The van der Waals surface area contributed by atoms with Crippen LogP contribution in [-0.2, 0) is 6.42 Å². The molecule has 1 aromatic carbocycles. The van der Waals surface area contributed by atoms with Crippen LogP contribution in [0.15, 0.2) is 30.3 Å². The van der Waals surface area contributed by atoms with E-state index in [0.29, 0.717) is 0 Å². The first-order valence-corrected chi connectivity index (χ1v) is 4.47. The van der Waals surface area contributed by atoms with E-state index in [1.165, 1.54) is 31.2 Å². The predicted octanol–water partition coefficient (Wildman–Crippen LogP) is 2.77. The van der Waals surface area contributed by atoms with E-state index in [2.05, 4.69) is 37.3 Å². The first-order chi connectivity index (χ1) is 5.43. The Kier molecular flexibility index (Phi) is 9.06. The van der Waals surface area contributed by atoms with Gasteiger partial charge in [0.05, 0.1) is 0 Å². The average molecular weight is 188 g/mol. The summed E-state index contributed by atoms with van der Waals surface area (Å²) in [5, 5.41) is 0. The van der Waals surface area contributed by atoms with Crippen LogP contribution in [0.1, 0.15) is 31.7 Å². The predicted molar refractivity (Wildman–Crippen MR) is 56.8 cm³/mol. The molecule has 1 heteroatoms. The molecule has 0 aliphatic carbocycles. The number of aryl methyl sites for hydroxylation is 1. The zero-order valence-electron chi connectivity index (χ0n) is 7.22. The maximum absolute atomic E-state index is 2.24. The molecule has 0 unspecified atom stereocenters. The molecule has 0 atom stereocenters. The zero-order chi connectivity index (χ0) is 7.94. The van der Waals surface area contributed by atoms with Crippen molar-refractivity contribution in [3.05, 3.63) is 35.9 Å². The van der Waals surface area contributed by atoms with Gasteiger partial charge in [0.2, 0.25) is 0 Å². The Labute approximate surface area is 118 Å². The molecule has 1 rings (SSSR count). The van der Waals surface area contributed by atoms with Gasteiger partial charge in [-0.3, -0.25) is 0 Å². The minimum atomic E-state index is 0. The SMILES string of the molecule is CCCCCc1ccccc1.[KH]. The van der Waals surface area contributed by atoms with Crippen molar-refractivity contribution < 1.29 is 0 Å². The Balaban J connectivity index is 0.00000121. The summed E-state index contributed by atoms with van der Waals surface area (Å²) in [6.07, 6.45) is 5.25. The molecule has 0 N–H and O–H groups in total. The number of benzene rings is 1. The molecule has 0 aliphatic rings. The van der Waals surface area contributed by atoms with Gasteiger partial charge in [-0.25, -0.2) is 0 Å². The number of rotatable bonds is 4. The molecule has 0 nitrogen and oxygen atoms in total. The van der Waals surface area contributed by atoms with E-state index in [1.54, 1.807) is 0 Å². The van der Waals surface area contributed by atoms with Gasteiger partial charge in [0.1, 0.15) is 0 Å². The van der Waals surface area contributed by atoms with Crippen LogP contribution < -0.4 is 0 Å². The van der Waals surface area contributed by atoms with Crippen LogP contribution in [0, 0.1) is 0 Å². The van der Waals surface area contributed by atoms with E-state index in [-0.39, 0.29) is 51.4 Å². The summed E-state index contributed by atoms with van der Waals surface area (Å²) in [4.78, 5) is 0. The molecule has 0 heterocycles. The van der Waals surface area contributed by atoms with Crippen molar-refractivity contribution in [2.24, 2.45) is 0 Å². The van der Waals surface area contributed by atoms with E-state index in [9.17, 15) is 0 Å². The third kappa shape index (κ3) is 5.49. The third-order valence-electron chi connectivity index (χ3n) is 1.91. The van der Waals surface area contributed by atoms with Crippen LogP contribution in [0.25, 0.3) is 0 Å². The first kappa shape index (κ1) is 12.9. The van der Waals surface area contributed by atoms with Crippen LogP contribution >= 0.6 is 0 Å². The molecule has 0 amide bonds. The Morgan fingerprint density at radius 2 is 1.67 bits per heavy atom. The van der Waals surface area contributed by atoms with E-state index in [1.807, 2.05) is 0 Å².